The molecule has 0 unspecified atom stereocenters. The summed E-state index contributed by atoms with van der Waals surface area (Å²) in [5.41, 5.74) is 2.82. The van der Waals surface area contributed by atoms with Gasteiger partial charge < -0.3 is 9.30 Å². The number of aromatic nitrogens is 4. The van der Waals surface area contributed by atoms with Crippen molar-refractivity contribution in [1.82, 2.24) is 19.7 Å². The Morgan fingerprint density at radius 1 is 1.23 bits per heavy atom. The minimum atomic E-state index is 0.586. The maximum absolute atomic E-state index is 6.06. The molecule has 1 aromatic carbocycles. The maximum atomic E-state index is 6.06. The number of nitrogens with zero attached hydrogens (tertiary/aromatic N) is 4. The van der Waals surface area contributed by atoms with Crippen LogP contribution in [0.15, 0.2) is 42.9 Å². The van der Waals surface area contributed by atoms with Crippen molar-refractivity contribution in [3.8, 4) is 16.9 Å². The third-order valence-corrected chi connectivity index (χ3v) is 3.76. The molecule has 0 saturated carbocycles. The normalized spacial score (nSPS) is 10.7. The fourth-order valence-corrected chi connectivity index (χ4v) is 2.43. The Kier molecular flexibility index (Phi) is 4.06. The van der Waals surface area contributed by atoms with Gasteiger partial charge in [0.05, 0.1) is 30.6 Å². The van der Waals surface area contributed by atoms with E-state index in [-0.39, 0.29) is 0 Å². The molecule has 3 rings (SSSR count). The number of hydrogen-bond acceptors (Lipinski definition) is 4. The van der Waals surface area contributed by atoms with Gasteiger partial charge in [-0.05, 0) is 30.7 Å². The van der Waals surface area contributed by atoms with Crippen molar-refractivity contribution >= 4 is 11.6 Å². The highest BCUT2D eigenvalue weighted by molar-refractivity contribution is 6.32. The Bertz CT molecular complexity index is 800. The molecule has 0 fully saturated rings. The quantitative estimate of drug-likeness (QED) is 0.741. The van der Waals surface area contributed by atoms with Gasteiger partial charge in [-0.15, -0.1) is 0 Å². The summed E-state index contributed by atoms with van der Waals surface area (Å²) < 4.78 is 7.28. The van der Waals surface area contributed by atoms with Gasteiger partial charge >= 0.3 is 0 Å². The third-order valence-electron chi connectivity index (χ3n) is 3.45. The number of halogens is 1. The molecule has 0 bridgehead atoms. The Hall–Kier alpha value is -2.40. The molecule has 0 atom stereocenters. The molecule has 0 radical (unpaired) electrons. The summed E-state index contributed by atoms with van der Waals surface area (Å²) in [5.74, 6) is 1.59. The number of methoxy groups -OCH3 is 1. The number of rotatable bonds is 4. The van der Waals surface area contributed by atoms with Crippen LogP contribution in [0.5, 0.6) is 5.75 Å². The van der Waals surface area contributed by atoms with Crippen molar-refractivity contribution in [3.05, 3.63) is 59.4 Å². The zero-order chi connectivity index (χ0) is 15.5. The van der Waals surface area contributed by atoms with Gasteiger partial charge in [-0.25, -0.2) is 4.98 Å². The molecule has 2 aromatic heterocycles. The van der Waals surface area contributed by atoms with Crippen LogP contribution in [-0.4, -0.2) is 26.9 Å². The van der Waals surface area contributed by atoms with Crippen LogP contribution in [0, 0.1) is 6.92 Å². The number of benzene rings is 1. The van der Waals surface area contributed by atoms with Crippen LogP contribution in [0.25, 0.3) is 11.1 Å². The van der Waals surface area contributed by atoms with E-state index in [1.54, 1.807) is 19.5 Å². The van der Waals surface area contributed by atoms with Crippen molar-refractivity contribution in [2.24, 2.45) is 0 Å². The molecule has 0 aliphatic heterocycles. The van der Waals surface area contributed by atoms with Gasteiger partial charge in [-0.3, -0.25) is 0 Å². The number of imidazole rings is 1. The molecule has 5 nitrogen and oxygen atoms in total. The van der Waals surface area contributed by atoms with Crippen molar-refractivity contribution in [2.45, 2.75) is 13.5 Å². The predicted molar refractivity (Wildman–Crippen MR) is 85.1 cm³/mol. The highest BCUT2D eigenvalue weighted by atomic mass is 35.5. The molecule has 112 valence electrons. The Morgan fingerprint density at radius 2 is 2.09 bits per heavy atom. The van der Waals surface area contributed by atoms with E-state index in [9.17, 15) is 0 Å². The fourth-order valence-electron chi connectivity index (χ4n) is 2.23. The molecule has 0 amide bonds. The first-order chi connectivity index (χ1) is 10.7. The molecular weight excluding hydrogens is 300 g/mol. The SMILES string of the molecule is COc1cc(-c2cnnc(Cn3ccnc3C)c2)ccc1Cl. The lowest BCUT2D eigenvalue weighted by molar-refractivity contribution is 0.415. The van der Waals surface area contributed by atoms with Gasteiger partial charge in [0.1, 0.15) is 11.6 Å². The zero-order valence-electron chi connectivity index (χ0n) is 12.3. The summed E-state index contributed by atoms with van der Waals surface area (Å²) in [6.45, 7) is 2.60. The van der Waals surface area contributed by atoms with Gasteiger partial charge in [-0.2, -0.15) is 10.2 Å². The van der Waals surface area contributed by atoms with Crippen molar-refractivity contribution in [2.75, 3.05) is 7.11 Å². The predicted octanol–water partition coefficient (Wildman–Crippen LogP) is 3.36. The van der Waals surface area contributed by atoms with E-state index in [4.69, 9.17) is 16.3 Å². The van der Waals surface area contributed by atoms with Crippen LogP contribution in [-0.2, 0) is 6.54 Å². The van der Waals surface area contributed by atoms with E-state index in [2.05, 4.69) is 15.2 Å². The lowest BCUT2D eigenvalue weighted by atomic mass is 10.1. The van der Waals surface area contributed by atoms with Crippen molar-refractivity contribution in [3.63, 3.8) is 0 Å². The average Bonchev–Trinajstić information content (AvgIpc) is 2.93. The highest BCUT2D eigenvalue weighted by Crippen LogP contribution is 2.30. The van der Waals surface area contributed by atoms with E-state index in [1.807, 2.05) is 42.0 Å². The Morgan fingerprint density at radius 3 is 2.82 bits per heavy atom. The van der Waals surface area contributed by atoms with Crippen molar-refractivity contribution < 1.29 is 4.74 Å². The first kappa shape index (κ1) is 14.5. The summed E-state index contributed by atoms with van der Waals surface area (Å²) in [7, 11) is 1.60. The molecule has 3 aromatic rings. The lowest BCUT2D eigenvalue weighted by Crippen LogP contribution is -2.04. The highest BCUT2D eigenvalue weighted by Gasteiger charge is 2.07. The van der Waals surface area contributed by atoms with Crippen LogP contribution in [0.3, 0.4) is 0 Å². The molecule has 22 heavy (non-hydrogen) atoms. The minimum absolute atomic E-state index is 0.586. The van der Waals surface area contributed by atoms with Crippen molar-refractivity contribution in [1.29, 1.82) is 0 Å². The first-order valence-electron chi connectivity index (χ1n) is 6.80. The van der Waals surface area contributed by atoms with E-state index >= 15 is 0 Å². The lowest BCUT2D eigenvalue weighted by Gasteiger charge is -2.08. The molecule has 0 aliphatic carbocycles. The summed E-state index contributed by atoms with van der Waals surface area (Å²) in [6.07, 6.45) is 5.43. The largest absolute Gasteiger partial charge is 0.495 e. The number of aryl methyl sites for hydroxylation is 1. The van der Waals surface area contributed by atoms with E-state index in [0.29, 0.717) is 17.3 Å². The van der Waals surface area contributed by atoms with Crippen LogP contribution >= 0.6 is 11.6 Å². The average molecular weight is 315 g/mol. The van der Waals surface area contributed by atoms with E-state index in [0.717, 1.165) is 22.6 Å². The number of hydrogen-bond donors (Lipinski definition) is 0. The molecule has 0 aliphatic rings. The van der Waals surface area contributed by atoms with Crippen LogP contribution in [0.4, 0.5) is 0 Å². The van der Waals surface area contributed by atoms with E-state index < -0.39 is 0 Å². The summed E-state index contributed by atoms with van der Waals surface area (Å²) in [4.78, 5) is 4.21. The first-order valence-corrected chi connectivity index (χ1v) is 7.18. The molecular formula is C16H15ClN4O. The fraction of sp³-hybridized carbons (Fsp3) is 0.188. The van der Waals surface area contributed by atoms with Gasteiger partial charge in [0, 0.05) is 18.0 Å². The maximum Gasteiger partial charge on any atom is 0.138 e. The Labute approximate surface area is 133 Å². The molecule has 0 N–H and O–H groups in total. The summed E-state index contributed by atoms with van der Waals surface area (Å²) in [5, 5.41) is 8.86. The monoisotopic (exact) mass is 314 g/mol. The molecule has 6 heteroatoms. The summed E-state index contributed by atoms with van der Waals surface area (Å²) >= 11 is 6.06. The Balaban J connectivity index is 1.92. The zero-order valence-corrected chi connectivity index (χ0v) is 13.1. The van der Waals surface area contributed by atoms with Crippen LogP contribution in [0.2, 0.25) is 5.02 Å². The van der Waals surface area contributed by atoms with Gasteiger partial charge in [0.2, 0.25) is 0 Å². The second-order valence-corrected chi connectivity index (χ2v) is 5.29. The second-order valence-electron chi connectivity index (χ2n) is 4.89. The van der Waals surface area contributed by atoms with Gasteiger partial charge in [0.25, 0.3) is 0 Å². The second kappa shape index (κ2) is 6.15. The topological polar surface area (TPSA) is 52.8 Å². The molecule has 0 saturated heterocycles. The number of ether oxygens (including phenoxy) is 1. The molecule has 2 heterocycles. The summed E-state index contributed by atoms with van der Waals surface area (Å²) in [6, 6.07) is 7.66. The van der Waals surface area contributed by atoms with Gasteiger partial charge in [-0.1, -0.05) is 17.7 Å². The van der Waals surface area contributed by atoms with Crippen LogP contribution in [0.1, 0.15) is 11.5 Å². The minimum Gasteiger partial charge on any atom is -0.495 e. The van der Waals surface area contributed by atoms with Crippen LogP contribution < -0.4 is 4.74 Å². The molecule has 0 spiro atoms. The standard InChI is InChI=1S/C16H15ClN4O/c1-11-18-5-6-21(11)10-14-7-13(9-19-20-14)12-3-4-15(17)16(8-12)22-2/h3-9H,10H2,1-2H3. The third kappa shape index (κ3) is 2.94. The van der Waals surface area contributed by atoms with E-state index in [1.165, 1.54) is 0 Å². The smallest absolute Gasteiger partial charge is 0.138 e. The van der Waals surface area contributed by atoms with Gasteiger partial charge in [0.15, 0.2) is 0 Å².